The first-order chi connectivity index (χ1) is 17.0. The van der Waals surface area contributed by atoms with Crippen LogP contribution in [0.25, 0.3) is 0 Å². The van der Waals surface area contributed by atoms with Gasteiger partial charge in [-0.1, -0.05) is 54.1 Å². The number of fused-ring (bicyclic) bond motifs is 2. The van der Waals surface area contributed by atoms with E-state index in [1.54, 1.807) is 17.0 Å². The fourth-order valence-corrected chi connectivity index (χ4v) is 5.44. The number of nitrogens with zero attached hydrogens (tertiary/aromatic N) is 1. The molecule has 0 radical (unpaired) electrons. The topological polar surface area (TPSA) is 49.4 Å². The lowest BCUT2D eigenvalue weighted by Gasteiger charge is -2.37. The molecular formula is C29H24ClFN2O2. The van der Waals surface area contributed by atoms with Crippen LogP contribution in [0.3, 0.4) is 0 Å². The minimum atomic E-state index is -0.584. The van der Waals surface area contributed by atoms with Crippen LogP contribution >= 0.6 is 11.6 Å². The molecule has 4 nitrogen and oxygen atoms in total. The quantitative estimate of drug-likeness (QED) is 0.451. The molecule has 1 N–H and O–H groups in total. The first-order valence-electron chi connectivity index (χ1n) is 11.9. The van der Waals surface area contributed by atoms with E-state index in [0.29, 0.717) is 11.4 Å². The van der Waals surface area contributed by atoms with E-state index >= 15 is 0 Å². The SMILES string of the molecule is O=C1CC(c2ccc(Cl)cc2)C=C2Nc3ccccc3N(C(=O)C3CC3)C(c3ccc(F)cc3)C12. The lowest BCUT2D eigenvalue weighted by atomic mass is 9.76. The number of Topliss-reactive ketones (excluding diaryl/α,β-unsaturated/α-hetero) is 1. The predicted molar refractivity (Wildman–Crippen MR) is 135 cm³/mol. The molecule has 0 aromatic heterocycles. The standard InChI is InChI=1S/C29H24ClFN2O2/c30-21-11-7-17(8-12-21)20-15-24-27(26(34)16-20)28(18-9-13-22(31)14-10-18)33(29(35)19-5-6-19)25-4-2-1-3-23(25)32-24/h1-4,7-15,19-20,27-28,32H,5-6,16H2. The van der Waals surface area contributed by atoms with Crippen LogP contribution in [0.4, 0.5) is 15.8 Å². The second-order valence-corrected chi connectivity index (χ2v) is 9.99. The molecule has 1 saturated carbocycles. The molecule has 3 unspecified atom stereocenters. The van der Waals surface area contributed by atoms with Crippen LogP contribution in [-0.2, 0) is 9.59 Å². The highest BCUT2D eigenvalue weighted by Crippen LogP contribution is 2.49. The number of ketones is 1. The Labute approximate surface area is 208 Å². The summed E-state index contributed by atoms with van der Waals surface area (Å²) in [6.07, 6.45) is 4.12. The Kier molecular flexibility index (Phi) is 5.45. The zero-order valence-corrected chi connectivity index (χ0v) is 19.7. The Balaban J connectivity index is 1.53. The molecule has 1 aliphatic heterocycles. The number of benzene rings is 3. The molecule has 176 valence electrons. The van der Waals surface area contributed by atoms with Gasteiger partial charge in [0.15, 0.2) is 0 Å². The molecule has 0 saturated heterocycles. The minimum Gasteiger partial charge on any atom is -0.357 e. The summed E-state index contributed by atoms with van der Waals surface area (Å²) in [6, 6.07) is 20.8. The van der Waals surface area contributed by atoms with Crippen LogP contribution in [0.5, 0.6) is 0 Å². The molecule has 3 aromatic rings. The van der Waals surface area contributed by atoms with Gasteiger partial charge in [0.05, 0.1) is 23.3 Å². The van der Waals surface area contributed by atoms with Crippen LogP contribution in [0.1, 0.15) is 42.3 Å². The normalized spacial score (nSPS) is 23.5. The van der Waals surface area contributed by atoms with Crippen LogP contribution in [-0.4, -0.2) is 11.7 Å². The first-order valence-corrected chi connectivity index (χ1v) is 12.3. The van der Waals surface area contributed by atoms with Crippen molar-refractivity contribution >= 4 is 34.7 Å². The van der Waals surface area contributed by atoms with Gasteiger partial charge in [0.2, 0.25) is 5.91 Å². The molecule has 35 heavy (non-hydrogen) atoms. The molecule has 2 aliphatic carbocycles. The smallest absolute Gasteiger partial charge is 0.230 e. The van der Waals surface area contributed by atoms with E-state index in [-0.39, 0.29) is 29.3 Å². The Morgan fingerprint density at radius 3 is 2.34 bits per heavy atom. The van der Waals surface area contributed by atoms with Crippen molar-refractivity contribution in [3.63, 3.8) is 0 Å². The summed E-state index contributed by atoms with van der Waals surface area (Å²) in [5.74, 6) is -1.02. The zero-order valence-electron chi connectivity index (χ0n) is 19.0. The lowest BCUT2D eigenvalue weighted by Crippen LogP contribution is -2.43. The molecule has 3 atom stereocenters. The zero-order chi connectivity index (χ0) is 24.1. The number of para-hydroxylation sites is 2. The van der Waals surface area contributed by atoms with Crippen LogP contribution in [0, 0.1) is 17.7 Å². The van der Waals surface area contributed by atoms with Crippen molar-refractivity contribution < 1.29 is 14.0 Å². The highest BCUT2D eigenvalue weighted by Gasteiger charge is 2.47. The monoisotopic (exact) mass is 486 g/mol. The maximum Gasteiger partial charge on any atom is 0.230 e. The van der Waals surface area contributed by atoms with Crippen LogP contribution in [0.15, 0.2) is 84.6 Å². The van der Waals surface area contributed by atoms with Gasteiger partial charge in [-0.3, -0.25) is 9.59 Å². The van der Waals surface area contributed by atoms with Crippen molar-refractivity contribution in [2.45, 2.75) is 31.2 Å². The van der Waals surface area contributed by atoms with Gasteiger partial charge >= 0.3 is 0 Å². The largest absolute Gasteiger partial charge is 0.357 e. The van der Waals surface area contributed by atoms with Crippen molar-refractivity contribution in [3.05, 3.63) is 107 Å². The molecular weight excluding hydrogens is 463 g/mol. The number of carbonyl (C=O) groups is 2. The molecule has 3 aromatic carbocycles. The fourth-order valence-electron chi connectivity index (χ4n) is 5.31. The number of hydrogen-bond donors (Lipinski definition) is 1. The van der Waals surface area contributed by atoms with E-state index in [0.717, 1.165) is 41.0 Å². The number of carbonyl (C=O) groups excluding carboxylic acids is 2. The number of rotatable bonds is 3. The summed E-state index contributed by atoms with van der Waals surface area (Å²) in [5.41, 5.74) is 4.05. The molecule has 3 aliphatic rings. The van der Waals surface area contributed by atoms with E-state index in [1.807, 2.05) is 48.5 Å². The summed E-state index contributed by atoms with van der Waals surface area (Å²) in [4.78, 5) is 29.4. The summed E-state index contributed by atoms with van der Waals surface area (Å²) >= 11 is 6.08. The van der Waals surface area contributed by atoms with Crippen molar-refractivity contribution in [2.75, 3.05) is 10.2 Å². The third kappa shape index (κ3) is 4.04. The maximum atomic E-state index is 13.9. The first kappa shape index (κ1) is 22.1. The Morgan fingerprint density at radius 2 is 1.63 bits per heavy atom. The van der Waals surface area contributed by atoms with Gasteiger partial charge in [0, 0.05) is 29.0 Å². The van der Waals surface area contributed by atoms with Crippen molar-refractivity contribution in [2.24, 2.45) is 11.8 Å². The molecule has 1 fully saturated rings. The van der Waals surface area contributed by atoms with Gasteiger partial charge in [0.25, 0.3) is 0 Å². The molecule has 6 rings (SSSR count). The van der Waals surface area contributed by atoms with Gasteiger partial charge in [-0.25, -0.2) is 4.39 Å². The van der Waals surface area contributed by atoms with Crippen LogP contribution in [0.2, 0.25) is 5.02 Å². The molecule has 0 spiro atoms. The average molecular weight is 487 g/mol. The third-order valence-electron chi connectivity index (χ3n) is 7.19. The van der Waals surface area contributed by atoms with Gasteiger partial charge in [-0.15, -0.1) is 0 Å². The average Bonchev–Trinajstić information content (AvgIpc) is 3.71. The molecule has 1 amide bonds. The van der Waals surface area contributed by atoms with Crippen molar-refractivity contribution in [1.29, 1.82) is 0 Å². The van der Waals surface area contributed by atoms with Crippen LogP contribution < -0.4 is 10.2 Å². The number of allylic oxidation sites excluding steroid dienone is 1. The summed E-state index contributed by atoms with van der Waals surface area (Å²) < 4.78 is 13.9. The van der Waals surface area contributed by atoms with Crippen molar-refractivity contribution in [1.82, 2.24) is 0 Å². The van der Waals surface area contributed by atoms with E-state index < -0.39 is 12.0 Å². The Bertz CT molecular complexity index is 1330. The lowest BCUT2D eigenvalue weighted by molar-refractivity contribution is -0.124. The van der Waals surface area contributed by atoms with Gasteiger partial charge in [-0.2, -0.15) is 0 Å². The van der Waals surface area contributed by atoms with Gasteiger partial charge < -0.3 is 10.2 Å². The van der Waals surface area contributed by atoms with Crippen molar-refractivity contribution in [3.8, 4) is 0 Å². The third-order valence-corrected chi connectivity index (χ3v) is 7.45. The number of amides is 1. The molecule has 6 heteroatoms. The second kappa shape index (κ2) is 8.65. The maximum absolute atomic E-state index is 13.9. The summed E-state index contributed by atoms with van der Waals surface area (Å²) in [7, 11) is 0. The Hall–Kier alpha value is -3.44. The van der Waals surface area contributed by atoms with E-state index in [9.17, 15) is 14.0 Å². The molecule has 1 heterocycles. The highest BCUT2D eigenvalue weighted by molar-refractivity contribution is 6.30. The summed E-state index contributed by atoms with van der Waals surface area (Å²) in [5, 5.41) is 4.15. The van der Waals surface area contributed by atoms with E-state index in [1.165, 1.54) is 12.1 Å². The fraction of sp³-hybridized carbons (Fsp3) is 0.241. The van der Waals surface area contributed by atoms with E-state index in [4.69, 9.17) is 11.6 Å². The predicted octanol–water partition coefficient (Wildman–Crippen LogP) is 6.65. The number of hydrogen-bond acceptors (Lipinski definition) is 3. The number of nitrogens with one attached hydrogen (secondary N) is 1. The minimum absolute atomic E-state index is 0.0162. The second-order valence-electron chi connectivity index (χ2n) is 9.55. The van der Waals surface area contributed by atoms with Gasteiger partial charge in [-0.05, 0) is 60.4 Å². The van der Waals surface area contributed by atoms with Gasteiger partial charge in [0.1, 0.15) is 11.6 Å². The number of halogens is 2. The highest BCUT2D eigenvalue weighted by atomic mass is 35.5. The number of anilines is 2. The Morgan fingerprint density at radius 1 is 0.943 bits per heavy atom. The van der Waals surface area contributed by atoms with E-state index in [2.05, 4.69) is 11.4 Å². The summed E-state index contributed by atoms with van der Waals surface area (Å²) in [6.45, 7) is 0. The molecule has 0 bridgehead atoms.